The summed E-state index contributed by atoms with van der Waals surface area (Å²) < 4.78 is 0. The third kappa shape index (κ3) is 4.31. The van der Waals surface area contributed by atoms with Gasteiger partial charge in [0, 0.05) is 19.0 Å². The van der Waals surface area contributed by atoms with E-state index >= 15 is 0 Å². The maximum atomic E-state index is 12.9. The fourth-order valence-corrected chi connectivity index (χ4v) is 3.39. The monoisotopic (exact) mass is 288 g/mol. The SMILES string of the molecule is CCCN(Cc1ccccc1)C(=O)C1CCCCC1CN. The molecule has 1 saturated carbocycles. The van der Waals surface area contributed by atoms with Gasteiger partial charge in [-0.1, -0.05) is 50.1 Å². The fraction of sp³-hybridized carbons (Fsp3) is 0.611. The molecule has 3 heteroatoms. The van der Waals surface area contributed by atoms with Crippen LogP contribution in [0.5, 0.6) is 0 Å². The summed E-state index contributed by atoms with van der Waals surface area (Å²) in [6, 6.07) is 10.3. The van der Waals surface area contributed by atoms with Gasteiger partial charge in [-0.05, 0) is 37.3 Å². The second kappa shape index (κ2) is 8.18. The van der Waals surface area contributed by atoms with Gasteiger partial charge < -0.3 is 10.6 Å². The standard InChI is InChI=1S/C18H28N2O/c1-2-12-20(14-15-8-4-3-5-9-15)18(21)17-11-7-6-10-16(17)13-19/h3-5,8-9,16-17H,2,6-7,10-14,19H2,1H3. The number of nitrogens with two attached hydrogens (primary N) is 1. The molecule has 21 heavy (non-hydrogen) atoms. The molecule has 0 radical (unpaired) electrons. The normalized spacial score (nSPS) is 22.0. The molecule has 2 unspecified atom stereocenters. The number of hydrogen-bond acceptors (Lipinski definition) is 2. The molecule has 1 amide bonds. The van der Waals surface area contributed by atoms with Crippen LogP contribution in [-0.4, -0.2) is 23.9 Å². The number of nitrogens with zero attached hydrogens (tertiary/aromatic N) is 1. The molecule has 0 heterocycles. The highest BCUT2D eigenvalue weighted by Gasteiger charge is 2.32. The molecular formula is C18H28N2O. The molecule has 1 aromatic carbocycles. The topological polar surface area (TPSA) is 46.3 Å². The van der Waals surface area contributed by atoms with E-state index < -0.39 is 0 Å². The third-order valence-corrected chi connectivity index (χ3v) is 4.55. The first kappa shape index (κ1) is 16.0. The van der Waals surface area contributed by atoms with Gasteiger partial charge in [0.25, 0.3) is 0 Å². The Labute approximate surface area is 128 Å². The molecule has 1 aromatic rings. The van der Waals surface area contributed by atoms with Gasteiger partial charge in [-0.3, -0.25) is 4.79 Å². The summed E-state index contributed by atoms with van der Waals surface area (Å²) in [7, 11) is 0. The zero-order valence-electron chi connectivity index (χ0n) is 13.1. The molecule has 0 aliphatic heterocycles. The average molecular weight is 288 g/mol. The van der Waals surface area contributed by atoms with Crippen LogP contribution in [0.15, 0.2) is 30.3 Å². The Morgan fingerprint density at radius 3 is 2.62 bits per heavy atom. The quantitative estimate of drug-likeness (QED) is 0.874. The summed E-state index contributed by atoms with van der Waals surface area (Å²) in [6.45, 7) is 4.33. The summed E-state index contributed by atoms with van der Waals surface area (Å²) in [4.78, 5) is 15.0. The Balaban J connectivity index is 2.07. The summed E-state index contributed by atoms with van der Waals surface area (Å²) in [5.74, 6) is 0.830. The molecule has 3 nitrogen and oxygen atoms in total. The largest absolute Gasteiger partial charge is 0.338 e. The van der Waals surface area contributed by atoms with E-state index in [1.54, 1.807) is 0 Å². The number of carbonyl (C=O) groups is 1. The van der Waals surface area contributed by atoms with E-state index in [1.165, 1.54) is 12.0 Å². The Kier molecular flexibility index (Phi) is 6.24. The van der Waals surface area contributed by atoms with Crippen LogP contribution in [0.2, 0.25) is 0 Å². The van der Waals surface area contributed by atoms with Gasteiger partial charge in [-0.15, -0.1) is 0 Å². The van der Waals surface area contributed by atoms with Crippen LogP contribution in [-0.2, 0) is 11.3 Å². The van der Waals surface area contributed by atoms with Gasteiger partial charge in [0.2, 0.25) is 5.91 Å². The molecule has 2 N–H and O–H groups in total. The fourth-order valence-electron chi connectivity index (χ4n) is 3.39. The molecule has 0 bridgehead atoms. The first-order valence-corrected chi connectivity index (χ1v) is 8.29. The van der Waals surface area contributed by atoms with Crippen molar-refractivity contribution in [2.24, 2.45) is 17.6 Å². The molecule has 0 saturated heterocycles. The predicted octanol–water partition coefficient (Wildman–Crippen LogP) is 3.19. The van der Waals surface area contributed by atoms with Crippen molar-refractivity contribution in [3.8, 4) is 0 Å². The van der Waals surface area contributed by atoms with E-state index in [0.717, 1.165) is 38.8 Å². The first-order chi connectivity index (χ1) is 10.3. The minimum atomic E-state index is 0.138. The summed E-state index contributed by atoms with van der Waals surface area (Å²) in [5, 5.41) is 0. The number of hydrogen-bond donors (Lipinski definition) is 1. The van der Waals surface area contributed by atoms with Crippen molar-refractivity contribution < 1.29 is 4.79 Å². The first-order valence-electron chi connectivity index (χ1n) is 8.29. The Bertz CT molecular complexity index is 432. The smallest absolute Gasteiger partial charge is 0.226 e. The molecule has 0 spiro atoms. The lowest BCUT2D eigenvalue weighted by atomic mass is 9.78. The van der Waals surface area contributed by atoms with E-state index in [2.05, 4.69) is 19.1 Å². The Morgan fingerprint density at radius 1 is 1.24 bits per heavy atom. The summed E-state index contributed by atoms with van der Waals surface area (Å²) in [5.41, 5.74) is 7.10. The van der Waals surface area contributed by atoms with E-state index in [1.807, 2.05) is 23.1 Å². The molecule has 2 atom stereocenters. The van der Waals surface area contributed by atoms with Crippen molar-refractivity contribution in [1.29, 1.82) is 0 Å². The molecule has 1 fully saturated rings. The molecule has 1 aliphatic carbocycles. The minimum Gasteiger partial charge on any atom is -0.338 e. The van der Waals surface area contributed by atoms with Crippen LogP contribution in [0.25, 0.3) is 0 Å². The predicted molar refractivity (Wildman–Crippen MR) is 86.7 cm³/mol. The zero-order valence-corrected chi connectivity index (χ0v) is 13.1. The van der Waals surface area contributed by atoms with Gasteiger partial charge in [0.15, 0.2) is 0 Å². The van der Waals surface area contributed by atoms with Crippen molar-refractivity contribution in [2.45, 2.75) is 45.6 Å². The van der Waals surface area contributed by atoms with E-state index in [0.29, 0.717) is 18.4 Å². The van der Waals surface area contributed by atoms with Crippen LogP contribution >= 0.6 is 0 Å². The van der Waals surface area contributed by atoms with Crippen LogP contribution in [0.4, 0.5) is 0 Å². The molecule has 116 valence electrons. The molecular weight excluding hydrogens is 260 g/mol. The molecule has 1 aliphatic rings. The van der Waals surface area contributed by atoms with Gasteiger partial charge in [-0.2, -0.15) is 0 Å². The number of carbonyl (C=O) groups excluding carboxylic acids is 1. The summed E-state index contributed by atoms with van der Waals surface area (Å²) >= 11 is 0. The summed E-state index contributed by atoms with van der Waals surface area (Å²) in [6.07, 6.45) is 5.50. The van der Waals surface area contributed by atoms with Crippen LogP contribution < -0.4 is 5.73 Å². The average Bonchev–Trinajstić information content (AvgIpc) is 2.54. The van der Waals surface area contributed by atoms with Gasteiger partial charge in [0.1, 0.15) is 0 Å². The van der Waals surface area contributed by atoms with Crippen molar-refractivity contribution in [3.05, 3.63) is 35.9 Å². The van der Waals surface area contributed by atoms with Gasteiger partial charge >= 0.3 is 0 Å². The maximum absolute atomic E-state index is 12.9. The van der Waals surface area contributed by atoms with Crippen molar-refractivity contribution in [2.75, 3.05) is 13.1 Å². The van der Waals surface area contributed by atoms with E-state index in [9.17, 15) is 4.79 Å². The van der Waals surface area contributed by atoms with Crippen LogP contribution in [0.3, 0.4) is 0 Å². The highest BCUT2D eigenvalue weighted by atomic mass is 16.2. The van der Waals surface area contributed by atoms with Crippen molar-refractivity contribution >= 4 is 5.91 Å². The molecule has 2 rings (SSSR count). The third-order valence-electron chi connectivity index (χ3n) is 4.55. The lowest BCUT2D eigenvalue weighted by Crippen LogP contribution is -2.42. The lowest BCUT2D eigenvalue weighted by Gasteiger charge is -2.34. The molecule has 0 aromatic heterocycles. The van der Waals surface area contributed by atoms with E-state index in [-0.39, 0.29) is 5.92 Å². The van der Waals surface area contributed by atoms with E-state index in [4.69, 9.17) is 5.73 Å². The zero-order chi connectivity index (χ0) is 15.1. The minimum absolute atomic E-state index is 0.138. The number of rotatable bonds is 6. The highest BCUT2D eigenvalue weighted by molar-refractivity contribution is 5.79. The van der Waals surface area contributed by atoms with Gasteiger partial charge in [-0.25, -0.2) is 0 Å². The second-order valence-corrected chi connectivity index (χ2v) is 6.13. The van der Waals surface area contributed by atoms with Crippen LogP contribution in [0.1, 0.15) is 44.6 Å². The number of amides is 1. The number of benzene rings is 1. The van der Waals surface area contributed by atoms with Crippen molar-refractivity contribution in [1.82, 2.24) is 4.90 Å². The van der Waals surface area contributed by atoms with Gasteiger partial charge in [0.05, 0.1) is 0 Å². The van der Waals surface area contributed by atoms with Crippen molar-refractivity contribution in [3.63, 3.8) is 0 Å². The Morgan fingerprint density at radius 2 is 1.95 bits per heavy atom. The Hall–Kier alpha value is -1.35. The second-order valence-electron chi connectivity index (χ2n) is 6.13. The van der Waals surface area contributed by atoms with Crippen LogP contribution in [0, 0.1) is 11.8 Å². The lowest BCUT2D eigenvalue weighted by molar-refractivity contribution is -0.139. The maximum Gasteiger partial charge on any atom is 0.226 e. The highest BCUT2D eigenvalue weighted by Crippen LogP contribution is 2.31.